The van der Waals surface area contributed by atoms with E-state index in [0.29, 0.717) is 0 Å². The monoisotopic (exact) mass is 307 g/mol. The fraction of sp³-hybridized carbons (Fsp3) is 0.308. The highest BCUT2D eigenvalue weighted by Gasteiger charge is 2.24. The summed E-state index contributed by atoms with van der Waals surface area (Å²) in [4.78, 5) is 10.7. The molecule has 0 aliphatic carbocycles. The molecule has 0 fully saturated rings. The zero-order chi connectivity index (χ0) is 15.9. The highest BCUT2D eigenvalue weighted by molar-refractivity contribution is 7.89. The number of hydrogen-bond acceptors (Lipinski definition) is 5. The van der Waals surface area contributed by atoms with E-state index < -0.39 is 16.0 Å². The third-order valence-electron chi connectivity index (χ3n) is 2.66. The minimum atomic E-state index is -3.93. The van der Waals surface area contributed by atoms with Crippen LogP contribution in [0, 0.1) is 22.7 Å². The van der Waals surface area contributed by atoms with Gasteiger partial charge in [0.1, 0.15) is 0 Å². The summed E-state index contributed by atoms with van der Waals surface area (Å²) < 4.78 is 25.9. The van der Waals surface area contributed by atoms with Gasteiger partial charge in [0.05, 0.1) is 22.6 Å². The molecule has 1 aromatic rings. The molecule has 1 aromatic carbocycles. The van der Waals surface area contributed by atoms with Gasteiger partial charge in [-0.05, 0) is 18.2 Å². The van der Waals surface area contributed by atoms with E-state index in [2.05, 4.69) is 0 Å². The molecule has 8 heteroatoms. The zero-order valence-corrected chi connectivity index (χ0v) is 11.9. The topological polar surface area (TPSA) is 122 Å². The van der Waals surface area contributed by atoms with Crippen LogP contribution in [-0.2, 0) is 10.0 Å². The Morgan fingerprint density at radius 2 is 1.76 bits per heavy atom. The molecule has 0 unspecified atom stereocenters. The molecular formula is C13H13N3O4S. The van der Waals surface area contributed by atoms with E-state index in [1.807, 2.05) is 12.1 Å². The quantitative estimate of drug-likeness (QED) is 0.807. The number of hydrogen-bond donors (Lipinski definition) is 1. The van der Waals surface area contributed by atoms with Crippen molar-refractivity contribution < 1.29 is 18.3 Å². The SMILES string of the molecule is N#CCCN(CCC#N)S(=O)(=O)c1cccc(C(=O)O)c1. The highest BCUT2D eigenvalue weighted by Crippen LogP contribution is 2.18. The van der Waals surface area contributed by atoms with Crippen LogP contribution in [0.15, 0.2) is 29.2 Å². The molecule has 0 aliphatic rings. The summed E-state index contributed by atoms with van der Waals surface area (Å²) in [6.45, 7) is -0.0877. The summed E-state index contributed by atoms with van der Waals surface area (Å²) in [5.41, 5.74) is -0.142. The first-order valence-electron chi connectivity index (χ1n) is 6.01. The van der Waals surface area contributed by atoms with Crippen LogP contribution in [0.1, 0.15) is 23.2 Å². The molecule has 1 N–H and O–H groups in total. The smallest absolute Gasteiger partial charge is 0.335 e. The van der Waals surface area contributed by atoms with E-state index in [-0.39, 0.29) is 36.4 Å². The first kappa shape index (κ1) is 16.6. The van der Waals surface area contributed by atoms with Crippen LogP contribution in [0.2, 0.25) is 0 Å². The molecule has 1 rings (SSSR count). The second-order valence-electron chi connectivity index (χ2n) is 4.05. The van der Waals surface area contributed by atoms with Gasteiger partial charge in [0, 0.05) is 25.9 Å². The average Bonchev–Trinajstić information content (AvgIpc) is 2.47. The average molecular weight is 307 g/mol. The minimum absolute atomic E-state index is 0.0106. The van der Waals surface area contributed by atoms with Gasteiger partial charge < -0.3 is 5.11 Å². The van der Waals surface area contributed by atoms with E-state index in [1.165, 1.54) is 18.2 Å². The summed E-state index contributed by atoms with van der Waals surface area (Å²) in [5.74, 6) is -1.23. The van der Waals surface area contributed by atoms with E-state index in [4.69, 9.17) is 15.6 Å². The zero-order valence-electron chi connectivity index (χ0n) is 11.1. The molecule has 0 atom stereocenters. The molecule has 0 bridgehead atoms. The molecule has 0 aromatic heterocycles. The fourth-order valence-electron chi connectivity index (χ4n) is 1.64. The Kier molecular flexibility index (Phi) is 5.85. The maximum absolute atomic E-state index is 12.4. The highest BCUT2D eigenvalue weighted by atomic mass is 32.2. The molecule has 21 heavy (non-hydrogen) atoms. The van der Waals surface area contributed by atoms with Crippen LogP contribution < -0.4 is 0 Å². The summed E-state index contributed by atoms with van der Waals surface area (Å²) in [5, 5.41) is 26.1. The number of carboxylic acid groups (broad SMARTS) is 1. The maximum Gasteiger partial charge on any atom is 0.335 e. The van der Waals surface area contributed by atoms with Crippen LogP contribution in [0.5, 0.6) is 0 Å². The van der Waals surface area contributed by atoms with Gasteiger partial charge in [-0.15, -0.1) is 0 Å². The van der Waals surface area contributed by atoms with Crippen molar-refractivity contribution in [3.05, 3.63) is 29.8 Å². The van der Waals surface area contributed by atoms with Crippen molar-refractivity contribution in [2.45, 2.75) is 17.7 Å². The van der Waals surface area contributed by atoms with Gasteiger partial charge in [-0.3, -0.25) is 0 Å². The lowest BCUT2D eigenvalue weighted by atomic mass is 10.2. The number of nitriles is 2. The summed E-state index contributed by atoms with van der Waals surface area (Å²) in [6.07, 6.45) is -0.0213. The Balaban J connectivity index is 3.16. The lowest BCUT2D eigenvalue weighted by Gasteiger charge is -2.20. The third kappa shape index (κ3) is 4.28. The third-order valence-corrected chi connectivity index (χ3v) is 4.56. The molecule has 0 saturated heterocycles. The molecular weight excluding hydrogens is 294 g/mol. The summed E-state index contributed by atoms with van der Waals surface area (Å²) in [7, 11) is -3.93. The maximum atomic E-state index is 12.4. The van der Waals surface area contributed by atoms with E-state index in [0.717, 1.165) is 10.4 Å². The molecule has 0 heterocycles. The first-order chi connectivity index (χ1) is 9.93. The van der Waals surface area contributed by atoms with Gasteiger partial charge in [-0.1, -0.05) is 6.07 Å². The number of carbonyl (C=O) groups is 1. The second kappa shape index (κ2) is 7.39. The van der Waals surface area contributed by atoms with E-state index >= 15 is 0 Å². The van der Waals surface area contributed by atoms with Crippen molar-refractivity contribution in [1.82, 2.24) is 4.31 Å². The number of carboxylic acids is 1. The van der Waals surface area contributed by atoms with Crippen LogP contribution in [0.4, 0.5) is 0 Å². The van der Waals surface area contributed by atoms with Gasteiger partial charge >= 0.3 is 5.97 Å². The van der Waals surface area contributed by atoms with Gasteiger partial charge in [0.2, 0.25) is 10.0 Å². The number of aromatic carboxylic acids is 1. The van der Waals surface area contributed by atoms with Gasteiger partial charge in [0.25, 0.3) is 0 Å². The van der Waals surface area contributed by atoms with Crippen molar-refractivity contribution in [3.8, 4) is 12.1 Å². The van der Waals surface area contributed by atoms with Crippen molar-refractivity contribution >= 4 is 16.0 Å². The molecule has 110 valence electrons. The Bertz CT molecular complexity index is 683. The van der Waals surface area contributed by atoms with Gasteiger partial charge in [0.15, 0.2) is 0 Å². The molecule has 7 nitrogen and oxygen atoms in total. The molecule has 0 amide bonds. The minimum Gasteiger partial charge on any atom is -0.478 e. The van der Waals surface area contributed by atoms with Gasteiger partial charge in [-0.2, -0.15) is 14.8 Å². The molecule has 0 saturated carbocycles. The van der Waals surface area contributed by atoms with Crippen molar-refractivity contribution in [2.24, 2.45) is 0 Å². The number of benzene rings is 1. The van der Waals surface area contributed by atoms with Crippen LogP contribution in [0.3, 0.4) is 0 Å². The fourth-order valence-corrected chi connectivity index (χ4v) is 3.13. The Morgan fingerprint density at radius 3 is 2.24 bits per heavy atom. The van der Waals surface area contributed by atoms with Crippen LogP contribution in [0.25, 0.3) is 0 Å². The van der Waals surface area contributed by atoms with E-state index in [1.54, 1.807) is 0 Å². The Hall–Kier alpha value is -2.42. The Labute approximate surface area is 122 Å². The van der Waals surface area contributed by atoms with E-state index in [9.17, 15) is 13.2 Å². The normalized spacial score (nSPS) is 10.8. The van der Waals surface area contributed by atoms with Crippen molar-refractivity contribution in [3.63, 3.8) is 0 Å². The molecule has 0 aliphatic heterocycles. The van der Waals surface area contributed by atoms with Gasteiger partial charge in [-0.25, -0.2) is 13.2 Å². The van der Waals surface area contributed by atoms with Crippen molar-refractivity contribution in [2.75, 3.05) is 13.1 Å². The van der Waals surface area contributed by atoms with Crippen LogP contribution in [-0.4, -0.2) is 36.9 Å². The predicted octanol–water partition coefficient (Wildman–Crippen LogP) is 1.20. The summed E-state index contributed by atoms with van der Waals surface area (Å²) >= 11 is 0. The first-order valence-corrected chi connectivity index (χ1v) is 7.45. The predicted molar refractivity (Wildman–Crippen MR) is 72.6 cm³/mol. The lowest BCUT2D eigenvalue weighted by Crippen LogP contribution is -2.33. The number of sulfonamides is 1. The molecule has 0 radical (unpaired) electrons. The lowest BCUT2D eigenvalue weighted by molar-refractivity contribution is 0.0696. The molecule has 0 spiro atoms. The second-order valence-corrected chi connectivity index (χ2v) is 5.99. The largest absolute Gasteiger partial charge is 0.478 e. The number of nitrogens with zero attached hydrogens (tertiary/aromatic N) is 3. The standard InChI is InChI=1S/C13H13N3O4S/c14-6-2-8-16(9-3-7-15)21(19,20)12-5-1-4-11(10-12)13(17)18/h1,4-5,10H,2-3,8-9H2,(H,17,18). The number of rotatable bonds is 7. The van der Waals surface area contributed by atoms with Crippen molar-refractivity contribution in [1.29, 1.82) is 10.5 Å². The Morgan fingerprint density at radius 1 is 1.19 bits per heavy atom. The summed E-state index contributed by atoms with van der Waals surface area (Å²) in [6, 6.07) is 8.66. The van der Waals surface area contributed by atoms with Crippen LogP contribution >= 0.6 is 0 Å².